The van der Waals surface area contributed by atoms with Gasteiger partial charge in [-0.25, -0.2) is 4.79 Å². The Morgan fingerprint density at radius 1 is 0.714 bits per heavy atom. The number of rotatable bonds is 8. The van der Waals surface area contributed by atoms with Crippen LogP contribution in [-0.2, 0) is 9.53 Å². The molecule has 5 nitrogen and oxygen atoms in total. The first-order valence-corrected chi connectivity index (χ1v) is 8.77. The minimum atomic E-state index is -0.603. The zero-order valence-electron chi connectivity index (χ0n) is 15.5. The number of methoxy groups -OCH3 is 1. The molecule has 0 aliphatic rings. The van der Waals surface area contributed by atoms with Crippen molar-refractivity contribution in [3.8, 4) is 22.6 Å². The van der Waals surface area contributed by atoms with E-state index in [4.69, 9.17) is 14.2 Å². The molecule has 3 aromatic carbocycles. The maximum absolute atomic E-state index is 12.0. The molecule has 5 heteroatoms. The summed E-state index contributed by atoms with van der Waals surface area (Å²) < 4.78 is 15.4. The summed E-state index contributed by atoms with van der Waals surface area (Å²) in [5, 5.41) is 0. The number of carbonyl (C=O) groups excluding carboxylic acids is 2. The van der Waals surface area contributed by atoms with Gasteiger partial charge >= 0.3 is 5.97 Å². The standard InChI is InChI=1S/C23H20O5/c1-26-20-11-9-19(10-12-20)22(24)15-28-23(25)16-27-21-13-7-18(8-14-21)17-5-3-2-4-6-17/h2-14H,15-16H2,1H3. The third-order valence-electron chi connectivity index (χ3n) is 4.09. The Balaban J connectivity index is 1.45. The lowest BCUT2D eigenvalue weighted by atomic mass is 10.1. The molecular formula is C23H20O5. The number of esters is 1. The highest BCUT2D eigenvalue weighted by Gasteiger charge is 2.11. The van der Waals surface area contributed by atoms with E-state index in [1.165, 1.54) is 0 Å². The lowest BCUT2D eigenvalue weighted by molar-refractivity contribution is -0.144. The van der Waals surface area contributed by atoms with Crippen LogP contribution < -0.4 is 9.47 Å². The van der Waals surface area contributed by atoms with E-state index in [1.54, 1.807) is 43.5 Å². The summed E-state index contributed by atoms with van der Waals surface area (Å²) >= 11 is 0. The van der Waals surface area contributed by atoms with Gasteiger partial charge in [-0.2, -0.15) is 0 Å². The molecule has 0 radical (unpaired) electrons. The number of ketones is 1. The van der Waals surface area contributed by atoms with Crippen molar-refractivity contribution in [2.24, 2.45) is 0 Å². The molecule has 3 rings (SSSR count). The summed E-state index contributed by atoms with van der Waals surface area (Å²) in [6.45, 7) is -0.595. The van der Waals surface area contributed by atoms with E-state index in [0.717, 1.165) is 11.1 Å². The molecule has 0 spiro atoms. The van der Waals surface area contributed by atoms with Crippen molar-refractivity contribution in [2.75, 3.05) is 20.3 Å². The van der Waals surface area contributed by atoms with Crippen LogP contribution in [0.5, 0.6) is 11.5 Å². The van der Waals surface area contributed by atoms with Crippen molar-refractivity contribution in [1.29, 1.82) is 0 Å². The van der Waals surface area contributed by atoms with Gasteiger partial charge in [0, 0.05) is 5.56 Å². The normalized spacial score (nSPS) is 10.2. The molecule has 0 aliphatic carbocycles. The Kier molecular flexibility index (Phi) is 6.41. The minimum Gasteiger partial charge on any atom is -0.497 e. The van der Waals surface area contributed by atoms with Gasteiger partial charge in [-0.1, -0.05) is 42.5 Å². The van der Waals surface area contributed by atoms with Gasteiger partial charge in [-0.15, -0.1) is 0 Å². The summed E-state index contributed by atoms with van der Waals surface area (Å²) in [6.07, 6.45) is 0. The predicted octanol–water partition coefficient (Wildman–Crippen LogP) is 4.17. The fourth-order valence-electron chi connectivity index (χ4n) is 2.56. The molecule has 0 fully saturated rings. The van der Waals surface area contributed by atoms with Gasteiger partial charge in [0.05, 0.1) is 7.11 Å². The molecule has 0 aromatic heterocycles. The first kappa shape index (κ1) is 19.2. The molecule has 0 bridgehead atoms. The van der Waals surface area contributed by atoms with E-state index >= 15 is 0 Å². The smallest absolute Gasteiger partial charge is 0.344 e. The topological polar surface area (TPSA) is 61.8 Å². The Morgan fingerprint density at radius 3 is 1.96 bits per heavy atom. The third kappa shape index (κ3) is 5.20. The zero-order chi connectivity index (χ0) is 19.8. The molecule has 3 aromatic rings. The van der Waals surface area contributed by atoms with Gasteiger partial charge in [-0.05, 0) is 47.5 Å². The van der Waals surface area contributed by atoms with Crippen LogP contribution in [0.4, 0.5) is 0 Å². The number of hydrogen-bond donors (Lipinski definition) is 0. The van der Waals surface area contributed by atoms with Gasteiger partial charge < -0.3 is 14.2 Å². The molecular weight excluding hydrogens is 356 g/mol. The molecule has 0 saturated carbocycles. The molecule has 0 amide bonds. The lowest BCUT2D eigenvalue weighted by Gasteiger charge is -2.08. The Labute approximate surface area is 163 Å². The van der Waals surface area contributed by atoms with Crippen molar-refractivity contribution in [3.05, 3.63) is 84.4 Å². The monoisotopic (exact) mass is 376 g/mol. The Hall–Kier alpha value is -3.60. The van der Waals surface area contributed by atoms with E-state index in [-0.39, 0.29) is 19.0 Å². The summed E-state index contributed by atoms with van der Waals surface area (Å²) in [7, 11) is 1.55. The second kappa shape index (κ2) is 9.37. The zero-order valence-corrected chi connectivity index (χ0v) is 15.5. The van der Waals surface area contributed by atoms with Crippen molar-refractivity contribution in [3.63, 3.8) is 0 Å². The molecule has 0 saturated heterocycles. The number of carbonyl (C=O) groups is 2. The Morgan fingerprint density at radius 2 is 1.32 bits per heavy atom. The third-order valence-corrected chi connectivity index (χ3v) is 4.09. The minimum absolute atomic E-state index is 0.263. The summed E-state index contributed by atoms with van der Waals surface area (Å²) in [6, 6.07) is 24.0. The van der Waals surface area contributed by atoms with Crippen LogP contribution in [0.3, 0.4) is 0 Å². The van der Waals surface area contributed by atoms with E-state index in [1.807, 2.05) is 42.5 Å². The van der Waals surface area contributed by atoms with Crippen molar-refractivity contribution < 1.29 is 23.8 Å². The molecule has 28 heavy (non-hydrogen) atoms. The molecule has 0 unspecified atom stereocenters. The highest BCUT2D eigenvalue weighted by molar-refractivity contribution is 5.98. The highest BCUT2D eigenvalue weighted by Crippen LogP contribution is 2.22. The van der Waals surface area contributed by atoms with Gasteiger partial charge in [0.25, 0.3) is 0 Å². The van der Waals surface area contributed by atoms with Crippen LogP contribution in [0.15, 0.2) is 78.9 Å². The quantitative estimate of drug-likeness (QED) is 0.436. The Bertz CT molecular complexity index is 915. The second-order valence-corrected chi connectivity index (χ2v) is 5.99. The van der Waals surface area contributed by atoms with Crippen LogP contribution in [0.2, 0.25) is 0 Å². The summed E-state index contributed by atoms with van der Waals surface area (Å²) in [4.78, 5) is 23.9. The first-order valence-electron chi connectivity index (χ1n) is 8.77. The van der Waals surface area contributed by atoms with Crippen molar-refractivity contribution in [2.45, 2.75) is 0 Å². The van der Waals surface area contributed by atoms with E-state index < -0.39 is 5.97 Å². The molecule has 0 N–H and O–H groups in total. The average Bonchev–Trinajstić information content (AvgIpc) is 2.77. The van der Waals surface area contributed by atoms with Crippen molar-refractivity contribution in [1.82, 2.24) is 0 Å². The summed E-state index contributed by atoms with van der Waals surface area (Å²) in [5.74, 6) is 0.315. The van der Waals surface area contributed by atoms with Crippen LogP contribution in [0, 0.1) is 0 Å². The second-order valence-electron chi connectivity index (χ2n) is 5.99. The molecule has 142 valence electrons. The van der Waals surface area contributed by atoms with E-state index in [2.05, 4.69) is 0 Å². The van der Waals surface area contributed by atoms with Gasteiger partial charge in [0.15, 0.2) is 19.0 Å². The van der Waals surface area contributed by atoms with Gasteiger partial charge in [-0.3, -0.25) is 4.79 Å². The number of hydrogen-bond acceptors (Lipinski definition) is 5. The number of ether oxygens (including phenoxy) is 3. The fourth-order valence-corrected chi connectivity index (χ4v) is 2.56. The van der Waals surface area contributed by atoms with E-state index in [9.17, 15) is 9.59 Å². The fraction of sp³-hybridized carbons (Fsp3) is 0.130. The SMILES string of the molecule is COc1ccc(C(=O)COC(=O)COc2ccc(-c3ccccc3)cc2)cc1. The number of Topliss-reactive ketones (excluding diaryl/α,β-unsaturated/α-hetero) is 1. The largest absolute Gasteiger partial charge is 0.497 e. The predicted molar refractivity (Wildman–Crippen MR) is 106 cm³/mol. The number of benzene rings is 3. The van der Waals surface area contributed by atoms with Crippen LogP contribution in [0.25, 0.3) is 11.1 Å². The average molecular weight is 376 g/mol. The highest BCUT2D eigenvalue weighted by atomic mass is 16.6. The van der Waals surface area contributed by atoms with Gasteiger partial charge in [0.1, 0.15) is 11.5 Å². The molecule has 0 heterocycles. The van der Waals surface area contributed by atoms with E-state index in [0.29, 0.717) is 17.1 Å². The van der Waals surface area contributed by atoms with Crippen molar-refractivity contribution >= 4 is 11.8 Å². The first-order chi connectivity index (χ1) is 13.7. The lowest BCUT2D eigenvalue weighted by Crippen LogP contribution is -2.19. The molecule has 0 aliphatic heterocycles. The van der Waals surface area contributed by atoms with Gasteiger partial charge in [0.2, 0.25) is 0 Å². The maximum atomic E-state index is 12.0. The van der Waals surface area contributed by atoms with Crippen LogP contribution in [-0.4, -0.2) is 32.1 Å². The molecule has 0 atom stereocenters. The van der Waals surface area contributed by atoms with Crippen LogP contribution in [0.1, 0.15) is 10.4 Å². The maximum Gasteiger partial charge on any atom is 0.344 e. The summed E-state index contributed by atoms with van der Waals surface area (Å²) in [5.41, 5.74) is 2.61. The van der Waals surface area contributed by atoms with Crippen LogP contribution >= 0.6 is 0 Å².